The van der Waals surface area contributed by atoms with Crippen molar-refractivity contribution in [3.8, 4) is 44.5 Å². The van der Waals surface area contributed by atoms with Gasteiger partial charge in [0.2, 0.25) is 0 Å². The van der Waals surface area contributed by atoms with Crippen molar-refractivity contribution in [3.63, 3.8) is 0 Å². The van der Waals surface area contributed by atoms with Crippen molar-refractivity contribution >= 4 is 75.4 Å². The lowest BCUT2D eigenvalue weighted by Crippen LogP contribution is -1.90. The Labute approximate surface area is 336 Å². The van der Waals surface area contributed by atoms with Crippen LogP contribution < -0.4 is 0 Å². The Morgan fingerprint density at radius 1 is 0.155 bits per heavy atom. The third-order valence-corrected chi connectivity index (χ3v) is 12.4. The van der Waals surface area contributed by atoms with Gasteiger partial charge in [-0.05, 0) is 156 Å². The average molecular weight is 733 g/mol. The highest BCUT2D eigenvalue weighted by molar-refractivity contribution is 6.39. The zero-order valence-corrected chi connectivity index (χ0v) is 31.8. The maximum Gasteiger partial charge on any atom is -0.00137 e. The maximum atomic E-state index is 2.44. The van der Waals surface area contributed by atoms with Gasteiger partial charge in [-0.15, -0.1) is 0 Å². The minimum absolute atomic E-state index is 1.22. The molecule has 0 nitrogen and oxygen atoms in total. The van der Waals surface area contributed by atoms with Crippen molar-refractivity contribution in [2.45, 2.75) is 0 Å². The summed E-state index contributed by atoms with van der Waals surface area (Å²) >= 11 is 0. The van der Waals surface area contributed by atoms with Crippen LogP contribution in [0.15, 0.2) is 218 Å². The zero-order chi connectivity index (χ0) is 38.2. The van der Waals surface area contributed by atoms with Gasteiger partial charge in [-0.1, -0.05) is 182 Å². The first-order valence-corrected chi connectivity index (χ1v) is 20.2. The minimum Gasteiger partial charge on any atom is -0.0616 e. The average Bonchev–Trinajstić information content (AvgIpc) is 3.30. The molecule has 268 valence electrons. The lowest BCUT2D eigenvalue weighted by Gasteiger charge is -2.18. The Kier molecular flexibility index (Phi) is 7.33. The van der Waals surface area contributed by atoms with Crippen LogP contribution in [-0.4, -0.2) is 0 Å². The molecule has 0 radical (unpaired) electrons. The molecule has 0 heteroatoms. The lowest BCUT2D eigenvalue weighted by atomic mass is 9.85. The second kappa shape index (κ2) is 13.0. The quantitative estimate of drug-likeness (QED) is 0.158. The van der Waals surface area contributed by atoms with Gasteiger partial charge in [0.25, 0.3) is 0 Å². The van der Waals surface area contributed by atoms with Gasteiger partial charge in [-0.2, -0.15) is 0 Å². The summed E-state index contributed by atoms with van der Waals surface area (Å²) in [4.78, 5) is 0. The van der Waals surface area contributed by atoms with Crippen LogP contribution in [0.1, 0.15) is 0 Å². The molecule has 0 aromatic heterocycles. The molecule has 0 unspecified atom stereocenters. The molecule has 0 saturated heterocycles. The van der Waals surface area contributed by atoms with Crippen LogP contribution in [0.25, 0.3) is 120 Å². The number of hydrogen-bond acceptors (Lipinski definition) is 0. The topological polar surface area (TPSA) is 0 Å². The smallest absolute Gasteiger partial charge is 0.00137 e. The van der Waals surface area contributed by atoms with Crippen LogP contribution in [0, 0.1) is 0 Å². The van der Waals surface area contributed by atoms with Gasteiger partial charge in [0.15, 0.2) is 0 Å². The summed E-state index contributed by atoms with van der Waals surface area (Å²) in [6, 6.07) is 81.0. The lowest BCUT2D eigenvalue weighted by molar-refractivity contribution is 1.61. The first-order chi connectivity index (χ1) is 28.7. The summed E-state index contributed by atoms with van der Waals surface area (Å²) in [5.74, 6) is 0. The zero-order valence-electron chi connectivity index (χ0n) is 31.8. The van der Waals surface area contributed by atoms with E-state index in [1.165, 1.54) is 120 Å². The van der Waals surface area contributed by atoms with E-state index < -0.39 is 0 Å². The number of rotatable bonds is 4. The second-order valence-corrected chi connectivity index (χ2v) is 15.6. The molecule has 0 heterocycles. The van der Waals surface area contributed by atoms with Crippen molar-refractivity contribution in [2.24, 2.45) is 0 Å². The summed E-state index contributed by atoms with van der Waals surface area (Å²) in [5, 5.41) is 17.9. The van der Waals surface area contributed by atoms with E-state index in [-0.39, 0.29) is 0 Å². The Balaban J connectivity index is 1.08. The summed E-state index contributed by atoms with van der Waals surface area (Å²) in [6.45, 7) is 0. The van der Waals surface area contributed by atoms with Crippen LogP contribution in [0.5, 0.6) is 0 Å². The van der Waals surface area contributed by atoms with E-state index in [2.05, 4.69) is 218 Å². The third-order valence-electron chi connectivity index (χ3n) is 12.4. The fourth-order valence-corrected chi connectivity index (χ4v) is 9.53. The standard InChI is InChI=1S/C58H36/c1-3-13-39-31-45(25-23-37(39)11-1)41-15-9-17-43(33-41)47-27-29-51-49-19-5-8-22-54(49)58-56-36-48(28-30-52(56)50-20-6-7-21-53(50)57(58)55(51)35-47)44-18-10-16-42(34-44)46-26-24-38-12-2-4-14-40(38)32-46/h1-36H. The second-order valence-electron chi connectivity index (χ2n) is 15.6. The molecule has 0 N–H and O–H groups in total. The highest BCUT2D eigenvalue weighted by Crippen LogP contribution is 2.46. The fraction of sp³-hybridized carbons (Fsp3) is 0. The number of fused-ring (bicyclic) bond motifs is 13. The van der Waals surface area contributed by atoms with Crippen molar-refractivity contribution in [3.05, 3.63) is 218 Å². The van der Waals surface area contributed by atoms with Crippen LogP contribution >= 0.6 is 0 Å². The predicted molar refractivity (Wildman–Crippen MR) is 251 cm³/mol. The van der Waals surface area contributed by atoms with Gasteiger partial charge in [0, 0.05) is 0 Å². The molecule has 0 aliphatic rings. The SMILES string of the molecule is c1cc(-c2ccc3ccccc3c2)cc(-c2ccc3c4ccccc4c4c5cc(-c6cccc(-c7ccc8ccccc8c7)c6)ccc5c5ccccc5c4c3c2)c1. The predicted octanol–water partition coefficient (Wildman–Crippen LogP) is 16.4. The minimum atomic E-state index is 1.22. The van der Waals surface area contributed by atoms with E-state index >= 15 is 0 Å². The van der Waals surface area contributed by atoms with Gasteiger partial charge in [0.05, 0.1) is 0 Å². The molecule has 0 atom stereocenters. The molecule has 0 spiro atoms. The first-order valence-electron chi connectivity index (χ1n) is 20.2. The largest absolute Gasteiger partial charge is 0.0616 e. The maximum absolute atomic E-state index is 2.44. The molecule has 58 heavy (non-hydrogen) atoms. The van der Waals surface area contributed by atoms with E-state index in [1.807, 2.05) is 0 Å². The van der Waals surface area contributed by atoms with Crippen LogP contribution in [0.3, 0.4) is 0 Å². The van der Waals surface area contributed by atoms with Crippen molar-refractivity contribution in [1.29, 1.82) is 0 Å². The summed E-state index contributed by atoms with van der Waals surface area (Å²) in [6.07, 6.45) is 0. The van der Waals surface area contributed by atoms with Gasteiger partial charge in [0.1, 0.15) is 0 Å². The van der Waals surface area contributed by atoms with Crippen molar-refractivity contribution in [2.75, 3.05) is 0 Å². The van der Waals surface area contributed by atoms with Crippen molar-refractivity contribution in [1.82, 2.24) is 0 Å². The van der Waals surface area contributed by atoms with Crippen LogP contribution in [-0.2, 0) is 0 Å². The van der Waals surface area contributed by atoms with E-state index in [0.717, 1.165) is 0 Å². The molecule has 0 fully saturated rings. The Hall–Kier alpha value is -7.54. The highest BCUT2D eigenvalue weighted by atomic mass is 14.2. The van der Waals surface area contributed by atoms with E-state index in [9.17, 15) is 0 Å². The molecule has 0 aliphatic heterocycles. The van der Waals surface area contributed by atoms with E-state index in [0.29, 0.717) is 0 Å². The molecule has 12 aromatic carbocycles. The summed E-state index contributed by atoms with van der Waals surface area (Å²) in [5.41, 5.74) is 9.77. The number of hydrogen-bond donors (Lipinski definition) is 0. The van der Waals surface area contributed by atoms with Crippen LogP contribution in [0.2, 0.25) is 0 Å². The van der Waals surface area contributed by atoms with Crippen LogP contribution in [0.4, 0.5) is 0 Å². The Bertz CT molecular complexity index is 3380. The Morgan fingerprint density at radius 3 is 0.897 bits per heavy atom. The van der Waals surface area contributed by atoms with Gasteiger partial charge < -0.3 is 0 Å². The summed E-state index contributed by atoms with van der Waals surface area (Å²) in [7, 11) is 0. The molecule has 0 bridgehead atoms. The molecular formula is C58H36. The monoisotopic (exact) mass is 732 g/mol. The Morgan fingerprint density at radius 2 is 0.466 bits per heavy atom. The molecular weight excluding hydrogens is 697 g/mol. The van der Waals surface area contributed by atoms with E-state index in [1.54, 1.807) is 0 Å². The molecule has 0 saturated carbocycles. The van der Waals surface area contributed by atoms with Gasteiger partial charge in [-0.3, -0.25) is 0 Å². The van der Waals surface area contributed by atoms with Crippen molar-refractivity contribution < 1.29 is 0 Å². The number of benzene rings is 12. The first kappa shape index (κ1) is 32.7. The molecule has 12 rings (SSSR count). The van der Waals surface area contributed by atoms with E-state index in [4.69, 9.17) is 0 Å². The third kappa shape index (κ3) is 5.23. The molecule has 0 aliphatic carbocycles. The molecule has 12 aromatic rings. The van der Waals surface area contributed by atoms with Gasteiger partial charge in [-0.25, -0.2) is 0 Å². The molecule has 0 amide bonds. The normalized spacial score (nSPS) is 11.8. The summed E-state index contributed by atoms with van der Waals surface area (Å²) < 4.78 is 0. The fourth-order valence-electron chi connectivity index (χ4n) is 9.53. The highest BCUT2D eigenvalue weighted by Gasteiger charge is 2.18. The van der Waals surface area contributed by atoms with Gasteiger partial charge >= 0.3 is 0 Å².